The van der Waals surface area contributed by atoms with Crippen LogP contribution < -0.4 is 10.1 Å². The molecule has 4 aliphatic heterocycles. The van der Waals surface area contributed by atoms with Gasteiger partial charge in [0.15, 0.2) is 11.5 Å². The summed E-state index contributed by atoms with van der Waals surface area (Å²) in [6.07, 6.45) is 17.3. The number of phenols is 1. The summed E-state index contributed by atoms with van der Waals surface area (Å²) in [4.78, 5) is 2.43. The lowest BCUT2D eigenvalue weighted by Gasteiger charge is -2.56. The first-order valence-electron chi connectivity index (χ1n) is 20.5. The van der Waals surface area contributed by atoms with Gasteiger partial charge in [0.25, 0.3) is 0 Å². The molecule has 0 radical (unpaired) electrons. The predicted octanol–water partition coefficient (Wildman–Crippen LogP) is 6.20. The average molecular weight is 697 g/mol. The predicted molar refractivity (Wildman–Crippen MR) is 198 cm³/mol. The Morgan fingerprint density at radius 1 is 1.02 bits per heavy atom. The van der Waals surface area contributed by atoms with Gasteiger partial charge in [-0.15, -0.1) is 0 Å². The molecule has 2 bridgehead atoms. The highest BCUT2D eigenvalue weighted by molar-refractivity contribution is 5.61. The molecule has 1 aromatic rings. The molecule has 2 saturated carbocycles. The van der Waals surface area contributed by atoms with Gasteiger partial charge in [-0.2, -0.15) is 0 Å². The topological polar surface area (TPSA) is 94.4 Å². The van der Waals surface area contributed by atoms with Crippen LogP contribution >= 0.6 is 0 Å². The van der Waals surface area contributed by atoms with Crippen molar-refractivity contribution in [3.8, 4) is 11.5 Å². The van der Waals surface area contributed by atoms with Crippen LogP contribution in [0.15, 0.2) is 47.1 Å². The van der Waals surface area contributed by atoms with E-state index in [1.54, 1.807) is 22.8 Å². The van der Waals surface area contributed by atoms with Crippen LogP contribution in [0, 0.1) is 40.9 Å². The molecule has 276 valence electrons. The summed E-state index contributed by atoms with van der Waals surface area (Å²) in [7, 11) is 2.19. The minimum absolute atomic E-state index is 0.0222. The van der Waals surface area contributed by atoms with E-state index in [-0.39, 0.29) is 29.0 Å². The number of aliphatic hydroxyl groups excluding tert-OH is 2. The number of allylic oxidation sites excluding steroid dienone is 2. The zero-order valence-corrected chi connectivity index (χ0v) is 31.4. The van der Waals surface area contributed by atoms with Crippen molar-refractivity contribution in [1.82, 2.24) is 10.2 Å². The van der Waals surface area contributed by atoms with Crippen molar-refractivity contribution in [2.24, 2.45) is 40.9 Å². The van der Waals surface area contributed by atoms with Crippen molar-refractivity contribution in [1.29, 1.82) is 0 Å². The number of phenolic OH excluding ortho intramolecular Hbond substituents is 1. The van der Waals surface area contributed by atoms with Gasteiger partial charge in [-0.3, -0.25) is 0 Å². The van der Waals surface area contributed by atoms with E-state index in [4.69, 9.17) is 9.47 Å². The molecule has 4 heterocycles. The first-order chi connectivity index (χ1) is 24.5. The molecule has 0 amide bonds. The number of rotatable bonds is 0. The summed E-state index contributed by atoms with van der Waals surface area (Å²) >= 11 is 0. The highest BCUT2D eigenvalue weighted by Crippen LogP contribution is 2.66. The monoisotopic (exact) mass is 696 g/mol. The minimum Gasteiger partial charge on any atom is -0.504 e. The van der Waals surface area contributed by atoms with E-state index in [0.717, 1.165) is 62.4 Å². The second-order valence-corrected chi connectivity index (χ2v) is 19.1. The van der Waals surface area contributed by atoms with Crippen molar-refractivity contribution in [3.63, 3.8) is 0 Å². The Balaban J connectivity index is 0.000000136. The number of hydrogen-bond donors (Lipinski definition) is 4. The van der Waals surface area contributed by atoms with Gasteiger partial charge in [0, 0.05) is 34.9 Å². The molecule has 0 aromatic heterocycles. The lowest BCUT2D eigenvalue weighted by molar-refractivity contribution is -0.0549. The SMILES string of the molecule is CC1=C2C[C@H]3[C@@H](CC=C4C[C@@H](O)CC[C@@]43C)[C@@H]2CC[C@]12O[C@@H]1C[C@H](C)CN[C@H]1[C@H]2C.CN1CC[C@]23c4c5ccc(O)c4O[C@H]2[C@@H](O)C=C[C@H]3[C@H]1C5. The molecule has 4 N–H and O–H groups in total. The summed E-state index contributed by atoms with van der Waals surface area (Å²) in [6, 6.07) is 4.76. The number of nitrogens with one attached hydrogen (secondary N) is 1. The van der Waals surface area contributed by atoms with E-state index in [1.807, 2.05) is 12.1 Å². The van der Waals surface area contributed by atoms with Crippen molar-refractivity contribution >= 4 is 0 Å². The molecule has 15 atom stereocenters. The molecule has 2 spiro atoms. The van der Waals surface area contributed by atoms with Crippen LogP contribution in [0.5, 0.6) is 11.5 Å². The molecule has 1 aromatic carbocycles. The standard InChI is InChI=1S/C27H41NO2.C17H19NO3/c1-15-11-24-25(28-14-15)17(3)27(30-24)10-8-20-21-6-5-18-12-19(29)7-9-26(18,4)23(21)13-22(20)16(27)2;1-18-7-6-17-10-3-5-13(20)16(17)21-15-12(19)4-2-9(14(15)17)8-11(10)18/h5,15,17,19-21,23-25,28-29H,6-14H2,1-4H3;2-5,10-11,13,16,19-20H,6-8H2,1H3/t15-,17+,19-,20-,21-,23-,24+,25-,26-,27-;10-,11+,13-,16-,17-/m00/s1. The number of likely N-dealkylation sites (tertiary alicyclic amines) is 1. The molecular formula is C44H60N2O5. The fourth-order valence-electron chi connectivity index (χ4n) is 14.3. The maximum absolute atomic E-state index is 10.4. The zero-order chi connectivity index (χ0) is 35.2. The van der Waals surface area contributed by atoms with Gasteiger partial charge in [-0.25, -0.2) is 0 Å². The Morgan fingerprint density at radius 3 is 2.71 bits per heavy atom. The van der Waals surface area contributed by atoms with E-state index >= 15 is 0 Å². The first kappa shape index (κ1) is 33.4. The number of aromatic hydroxyl groups is 1. The molecule has 10 aliphatic rings. The van der Waals surface area contributed by atoms with Gasteiger partial charge in [0.1, 0.15) is 12.2 Å². The number of likely N-dealkylation sites (N-methyl/N-ethyl adjacent to an activating group) is 1. The molecule has 7 nitrogen and oxygen atoms in total. The third-order valence-corrected chi connectivity index (χ3v) is 17.0. The van der Waals surface area contributed by atoms with Crippen LogP contribution in [0.3, 0.4) is 0 Å². The highest BCUT2D eigenvalue weighted by Gasteiger charge is 2.64. The number of benzene rings is 1. The van der Waals surface area contributed by atoms with Crippen molar-refractivity contribution in [2.45, 2.75) is 139 Å². The molecule has 6 aliphatic carbocycles. The van der Waals surface area contributed by atoms with E-state index in [9.17, 15) is 15.3 Å². The third-order valence-electron chi connectivity index (χ3n) is 17.0. The molecule has 3 saturated heterocycles. The number of nitrogens with zero attached hydrogens (tertiary/aromatic N) is 1. The van der Waals surface area contributed by atoms with E-state index in [2.05, 4.69) is 57.1 Å². The molecular weight excluding hydrogens is 636 g/mol. The normalized spacial score (nSPS) is 49.9. The minimum atomic E-state index is -0.594. The van der Waals surface area contributed by atoms with Gasteiger partial charge < -0.3 is 35.0 Å². The number of piperidine rings is 2. The molecule has 7 heteroatoms. The first-order valence-corrected chi connectivity index (χ1v) is 20.5. The van der Waals surface area contributed by atoms with E-state index in [1.165, 1.54) is 49.7 Å². The number of ether oxygens (including phenoxy) is 2. The van der Waals surface area contributed by atoms with Crippen molar-refractivity contribution < 1.29 is 24.8 Å². The number of hydrogen-bond acceptors (Lipinski definition) is 7. The van der Waals surface area contributed by atoms with E-state index in [0.29, 0.717) is 41.2 Å². The third kappa shape index (κ3) is 4.42. The van der Waals surface area contributed by atoms with Crippen LogP contribution in [0.1, 0.15) is 96.6 Å². The van der Waals surface area contributed by atoms with Crippen LogP contribution in [0.2, 0.25) is 0 Å². The summed E-state index contributed by atoms with van der Waals surface area (Å²) < 4.78 is 13.1. The fraction of sp³-hybridized carbons (Fsp3) is 0.727. The Hall–Kier alpha value is -2.16. The van der Waals surface area contributed by atoms with Crippen LogP contribution in [-0.4, -0.2) is 82.5 Å². The quantitative estimate of drug-likeness (QED) is 0.240. The van der Waals surface area contributed by atoms with Crippen LogP contribution in [0.4, 0.5) is 0 Å². The maximum Gasteiger partial charge on any atom is 0.165 e. The van der Waals surface area contributed by atoms with Gasteiger partial charge in [0.05, 0.1) is 17.8 Å². The molecule has 51 heavy (non-hydrogen) atoms. The number of aliphatic hydroxyl groups is 2. The summed E-state index contributed by atoms with van der Waals surface area (Å²) in [5.41, 5.74) is 7.54. The number of fused-ring (bicyclic) bond motifs is 6. The summed E-state index contributed by atoms with van der Waals surface area (Å²) in [5.74, 6) is 4.83. The average Bonchev–Trinajstić information content (AvgIpc) is 3.76. The highest BCUT2D eigenvalue weighted by atomic mass is 16.5. The lowest BCUT2D eigenvalue weighted by atomic mass is 9.53. The van der Waals surface area contributed by atoms with Gasteiger partial charge in [-0.05, 0) is 138 Å². The second kappa shape index (κ2) is 11.4. The van der Waals surface area contributed by atoms with Gasteiger partial charge in [0.2, 0.25) is 0 Å². The Morgan fingerprint density at radius 2 is 1.86 bits per heavy atom. The lowest BCUT2D eigenvalue weighted by Crippen LogP contribution is -2.64. The van der Waals surface area contributed by atoms with Crippen LogP contribution in [0.25, 0.3) is 0 Å². The van der Waals surface area contributed by atoms with E-state index < -0.39 is 6.10 Å². The van der Waals surface area contributed by atoms with Gasteiger partial charge >= 0.3 is 0 Å². The molecule has 5 fully saturated rings. The fourth-order valence-corrected chi connectivity index (χ4v) is 14.3. The summed E-state index contributed by atoms with van der Waals surface area (Å²) in [6.45, 7) is 11.9. The van der Waals surface area contributed by atoms with Crippen LogP contribution in [-0.2, 0) is 16.6 Å². The van der Waals surface area contributed by atoms with Crippen molar-refractivity contribution in [3.05, 3.63) is 58.2 Å². The van der Waals surface area contributed by atoms with Crippen molar-refractivity contribution in [2.75, 3.05) is 20.1 Å². The summed E-state index contributed by atoms with van der Waals surface area (Å²) in [5, 5.41) is 34.8. The Labute approximate surface area is 304 Å². The Bertz CT molecular complexity index is 1720. The largest absolute Gasteiger partial charge is 0.504 e. The van der Waals surface area contributed by atoms with Gasteiger partial charge in [-0.1, -0.05) is 56.2 Å². The maximum atomic E-state index is 10.4. The molecule has 11 rings (SSSR count). The molecule has 0 unspecified atom stereocenters. The smallest absolute Gasteiger partial charge is 0.165 e. The zero-order valence-electron chi connectivity index (χ0n) is 31.4. The Kier molecular flexibility index (Phi) is 7.49. The second-order valence-electron chi connectivity index (χ2n) is 19.1.